The molecule has 1 fully saturated rings. The van der Waals surface area contributed by atoms with Gasteiger partial charge in [0.1, 0.15) is 5.60 Å². The Morgan fingerprint density at radius 3 is 2.34 bits per heavy atom. The highest BCUT2D eigenvalue weighted by atomic mass is 16.6. The second-order valence-corrected chi connectivity index (χ2v) is 8.34. The Morgan fingerprint density at radius 1 is 0.938 bits per heavy atom. The molecule has 2 aromatic carbocycles. The summed E-state index contributed by atoms with van der Waals surface area (Å²) in [7, 11) is 0. The van der Waals surface area contributed by atoms with Crippen molar-refractivity contribution < 1.29 is 19.1 Å². The van der Waals surface area contributed by atoms with E-state index in [0.29, 0.717) is 48.1 Å². The van der Waals surface area contributed by atoms with Crippen LogP contribution in [0.5, 0.6) is 0 Å². The van der Waals surface area contributed by atoms with Gasteiger partial charge in [0.25, 0.3) is 0 Å². The molecule has 1 amide bonds. The van der Waals surface area contributed by atoms with Crippen LogP contribution in [-0.2, 0) is 15.1 Å². The highest BCUT2D eigenvalue weighted by Gasteiger charge is 2.48. The first-order valence-electron chi connectivity index (χ1n) is 10.7. The zero-order chi connectivity index (χ0) is 22.1. The fraction of sp³-hybridized carbons (Fsp3) is 0.231. The fourth-order valence-electron chi connectivity index (χ4n) is 4.66. The van der Waals surface area contributed by atoms with Crippen molar-refractivity contribution in [3.63, 3.8) is 0 Å². The topological polar surface area (TPSA) is 85.4 Å². The van der Waals surface area contributed by atoms with Gasteiger partial charge in [0.05, 0.1) is 5.56 Å². The first-order chi connectivity index (χ1) is 15.6. The molecule has 0 saturated heterocycles. The van der Waals surface area contributed by atoms with Gasteiger partial charge in [0.15, 0.2) is 5.78 Å². The van der Waals surface area contributed by atoms with Crippen molar-refractivity contribution in [3.05, 3.63) is 95.3 Å². The van der Waals surface area contributed by atoms with Gasteiger partial charge < -0.3 is 10.1 Å². The van der Waals surface area contributed by atoms with E-state index in [0.717, 1.165) is 5.56 Å². The molecule has 0 radical (unpaired) electrons. The molecule has 0 unspecified atom stereocenters. The molecule has 1 aromatic heterocycles. The summed E-state index contributed by atoms with van der Waals surface area (Å²) in [4.78, 5) is 41.6. The smallest absolute Gasteiger partial charge is 0.341 e. The van der Waals surface area contributed by atoms with Crippen LogP contribution in [0.4, 0.5) is 5.69 Å². The number of fused-ring (bicyclic) bond motifs is 2. The zero-order valence-electron chi connectivity index (χ0n) is 17.4. The number of amides is 1. The predicted molar refractivity (Wildman–Crippen MR) is 118 cm³/mol. The third-order valence-corrected chi connectivity index (χ3v) is 6.43. The van der Waals surface area contributed by atoms with Crippen LogP contribution in [0.3, 0.4) is 0 Å². The molecular formula is C26H22N2O4. The van der Waals surface area contributed by atoms with Gasteiger partial charge in [0, 0.05) is 40.7 Å². The molecular weight excluding hydrogens is 404 g/mol. The summed E-state index contributed by atoms with van der Waals surface area (Å²) in [5.41, 5.74) is 2.64. The number of pyridine rings is 1. The molecule has 2 aliphatic rings. The van der Waals surface area contributed by atoms with Gasteiger partial charge in [-0.05, 0) is 56.0 Å². The zero-order valence-corrected chi connectivity index (χ0v) is 17.4. The summed E-state index contributed by atoms with van der Waals surface area (Å²) in [6.45, 7) is 0. The van der Waals surface area contributed by atoms with E-state index in [1.54, 1.807) is 48.8 Å². The van der Waals surface area contributed by atoms with Crippen LogP contribution in [0.15, 0.2) is 73.1 Å². The van der Waals surface area contributed by atoms with E-state index in [1.807, 2.05) is 24.3 Å². The Labute approximate surface area is 185 Å². The molecule has 2 heterocycles. The Balaban J connectivity index is 1.22. The SMILES string of the molecule is O=C(c1ccccc1)c1ccc(NC(=O)C2CCC3(CC2)OC(=O)c2cnccc23)cc1. The second kappa shape index (κ2) is 8.04. The Hall–Kier alpha value is -3.80. The number of rotatable bonds is 4. The van der Waals surface area contributed by atoms with Gasteiger partial charge >= 0.3 is 5.97 Å². The number of nitrogens with one attached hydrogen (secondary N) is 1. The van der Waals surface area contributed by atoms with Crippen LogP contribution in [0.2, 0.25) is 0 Å². The van der Waals surface area contributed by atoms with Crippen molar-refractivity contribution in [1.82, 2.24) is 4.98 Å². The van der Waals surface area contributed by atoms with Crippen LogP contribution in [0, 0.1) is 5.92 Å². The number of ketones is 1. The number of benzene rings is 2. The Bertz CT molecular complexity index is 1180. The first-order valence-corrected chi connectivity index (χ1v) is 10.7. The van der Waals surface area contributed by atoms with Crippen LogP contribution >= 0.6 is 0 Å². The summed E-state index contributed by atoms with van der Waals surface area (Å²) in [6, 6.07) is 17.9. The van der Waals surface area contributed by atoms with Crippen molar-refractivity contribution in [2.45, 2.75) is 31.3 Å². The van der Waals surface area contributed by atoms with Gasteiger partial charge in [-0.15, -0.1) is 0 Å². The molecule has 1 spiro atoms. The van der Waals surface area contributed by atoms with E-state index < -0.39 is 5.60 Å². The van der Waals surface area contributed by atoms with Crippen molar-refractivity contribution >= 4 is 23.3 Å². The quantitative estimate of drug-likeness (QED) is 0.490. The molecule has 32 heavy (non-hydrogen) atoms. The minimum Gasteiger partial charge on any atom is -0.451 e. The van der Waals surface area contributed by atoms with Crippen molar-refractivity contribution in [3.8, 4) is 0 Å². The van der Waals surface area contributed by atoms with Gasteiger partial charge in [-0.1, -0.05) is 30.3 Å². The largest absolute Gasteiger partial charge is 0.451 e. The monoisotopic (exact) mass is 426 g/mol. The summed E-state index contributed by atoms with van der Waals surface area (Å²) >= 11 is 0. The fourth-order valence-corrected chi connectivity index (χ4v) is 4.66. The number of hydrogen-bond acceptors (Lipinski definition) is 5. The molecule has 5 rings (SSSR count). The van der Waals surface area contributed by atoms with E-state index in [4.69, 9.17) is 4.74 Å². The Kier molecular flexibility index (Phi) is 5.05. The highest BCUT2D eigenvalue weighted by Crippen LogP contribution is 2.47. The number of ether oxygens (including phenoxy) is 1. The van der Waals surface area contributed by atoms with E-state index in [-0.39, 0.29) is 23.6 Å². The number of nitrogens with zero attached hydrogens (tertiary/aromatic N) is 1. The average Bonchev–Trinajstić information content (AvgIpc) is 3.11. The molecule has 1 aliphatic heterocycles. The highest BCUT2D eigenvalue weighted by molar-refractivity contribution is 6.09. The van der Waals surface area contributed by atoms with E-state index in [1.165, 1.54) is 0 Å². The van der Waals surface area contributed by atoms with Crippen molar-refractivity contribution in [2.24, 2.45) is 5.92 Å². The van der Waals surface area contributed by atoms with Crippen molar-refractivity contribution in [2.75, 3.05) is 5.32 Å². The third-order valence-electron chi connectivity index (χ3n) is 6.43. The molecule has 6 nitrogen and oxygen atoms in total. The maximum absolute atomic E-state index is 12.8. The maximum Gasteiger partial charge on any atom is 0.341 e. The lowest BCUT2D eigenvalue weighted by Gasteiger charge is -2.35. The minimum atomic E-state index is -0.633. The van der Waals surface area contributed by atoms with Gasteiger partial charge in [-0.3, -0.25) is 14.6 Å². The average molecular weight is 426 g/mol. The molecule has 0 bridgehead atoms. The van der Waals surface area contributed by atoms with Crippen LogP contribution in [0.25, 0.3) is 0 Å². The lowest BCUT2D eigenvalue weighted by atomic mass is 9.75. The molecule has 160 valence electrons. The first kappa shape index (κ1) is 20.1. The number of esters is 1. The summed E-state index contributed by atoms with van der Waals surface area (Å²) < 4.78 is 5.74. The lowest BCUT2D eigenvalue weighted by Crippen LogP contribution is -2.36. The molecule has 1 aliphatic carbocycles. The molecule has 1 saturated carbocycles. The summed E-state index contributed by atoms with van der Waals surface area (Å²) in [6.07, 6.45) is 5.71. The maximum atomic E-state index is 12.8. The Morgan fingerprint density at radius 2 is 1.62 bits per heavy atom. The second-order valence-electron chi connectivity index (χ2n) is 8.34. The van der Waals surface area contributed by atoms with E-state index in [2.05, 4.69) is 10.3 Å². The summed E-state index contributed by atoms with van der Waals surface area (Å²) in [5.74, 6) is -0.596. The third kappa shape index (κ3) is 3.58. The summed E-state index contributed by atoms with van der Waals surface area (Å²) in [5, 5.41) is 2.96. The normalized spacial score (nSPS) is 21.6. The number of carbonyl (C=O) groups is 3. The van der Waals surface area contributed by atoms with Gasteiger partial charge in [-0.25, -0.2) is 4.79 Å². The lowest BCUT2D eigenvalue weighted by molar-refractivity contribution is -0.122. The molecule has 6 heteroatoms. The molecule has 3 aromatic rings. The molecule has 0 atom stereocenters. The number of hydrogen-bond donors (Lipinski definition) is 1. The number of anilines is 1. The predicted octanol–water partition coefficient (Wildman–Crippen LogP) is 4.51. The number of aromatic nitrogens is 1. The van der Waals surface area contributed by atoms with Crippen LogP contribution in [0.1, 0.15) is 57.5 Å². The van der Waals surface area contributed by atoms with Crippen molar-refractivity contribution in [1.29, 1.82) is 0 Å². The standard InChI is InChI=1S/C26H22N2O4/c29-23(17-4-2-1-3-5-17)18-6-8-20(9-7-18)28-24(30)19-10-13-26(14-11-19)22-12-15-27-16-21(22)25(31)32-26/h1-9,12,15-16,19H,10-11,13-14H2,(H,28,30). The van der Waals surface area contributed by atoms with Crippen LogP contribution < -0.4 is 5.32 Å². The number of carbonyl (C=O) groups excluding carboxylic acids is 3. The van der Waals surface area contributed by atoms with Gasteiger partial charge in [-0.2, -0.15) is 0 Å². The van der Waals surface area contributed by atoms with Crippen LogP contribution in [-0.4, -0.2) is 22.6 Å². The van der Waals surface area contributed by atoms with E-state index >= 15 is 0 Å². The van der Waals surface area contributed by atoms with Gasteiger partial charge in [0.2, 0.25) is 5.91 Å². The molecule has 1 N–H and O–H groups in total. The minimum absolute atomic E-state index is 0.0531. The van der Waals surface area contributed by atoms with E-state index in [9.17, 15) is 14.4 Å².